The maximum atomic E-state index is 12.5. The number of amides is 3. The maximum Gasteiger partial charge on any atom is 0.315 e. The Labute approximate surface area is 158 Å². The number of carbonyl (C=O) groups excluding carboxylic acids is 3. The Morgan fingerprint density at radius 1 is 1.33 bits per heavy atom. The average molecular weight is 372 g/mol. The van der Waals surface area contributed by atoms with E-state index in [1.165, 1.54) is 0 Å². The van der Waals surface area contributed by atoms with E-state index in [9.17, 15) is 14.4 Å². The highest BCUT2D eigenvalue weighted by atomic mass is 16.5. The Morgan fingerprint density at radius 2 is 2.07 bits per heavy atom. The fraction of sp³-hybridized carbons (Fsp3) is 0.474. The highest BCUT2D eigenvalue weighted by molar-refractivity contribution is 6.01. The van der Waals surface area contributed by atoms with E-state index >= 15 is 0 Å². The number of carbonyl (C=O) groups is 3. The SMILES string of the molecule is CCCCOC(=O)CCNC(=O)N[C@H]1CCN(c2ccc(C#N)cc2)C1=O. The monoisotopic (exact) mass is 372 g/mol. The number of urea groups is 1. The van der Waals surface area contributed by atoms with Crippen LogP contribution in [0.25, 0.3) is 0 Å². The van der Waals surface area contributed by atoms with Gasteiger partial charge in [0.1, 0.15) is 6.04 Å². The summed E-state index contributed by atoms with van der Waals surface area (Å²) < 4.78 is 5.00. The number of rotatable bonds is 8. The number of ether oxygens (including phenoxy) is 1. The van der Waals surface area contributed by atoms with Gasteiger partial charge >= 0.3 is 12.0 Å². The van der Waals surface area contributed by atoms with Crippen molar-refractivity contribution in [1.29, 1.82) is 5.26 Å². The largest absolute Gasteiger partial charge is 0.466 e. The molecule has 27 heavy (non-hydrogen) atoms. The van der Waals surface area contributed by atoms with Crippen LogP contribution in [-0.2, 0) is 14.3 Å². The second-order valence-electron chi connectivity index (χ2n) is 6.21. The van der Waals surface area contributed by atoms with Crippen LogP contribution in [0.3, 0.4) is 0 Å². The number of anilines is 1. The van der Waals surface area contributed by atoms with Crippen LogP contribution in [0.5, 0.6) is 0 Å². The molecule has 0 aromatic heterocycles. The van der Waals surface area contributed by atoms with Crippen LogP contribution in [0.4, 0.5) is 10.5 Å². The molecule has 1 aromatic carbocycles. The van der Waals surface area contributed by atoms with Gasteiger partial charge in [0.05, 0.1) is 24.7 Å². The highest BCUT2D eigenvalue weighted by Gasteiger charge is 2.33. The Bertz CT molecular complexity index is 711. The van der Waals surface area contributed by atoms with E-state index in [1.807, 2.05) is 13.0 Å². The van der Waals surface area contributed by atoms with Crippen molar-refractivity contribution in [3.05, 3.63) is 29.8 Å². The third-order valence-electron chi connectivity index (χ3n) is 4.19. The van der Waals surface area contributed by atoms with Gasteiger partial charge in [0.2, 0.25) is 5.91 Å². The van der Waals surface area contributed by atoms with Gasteiger partial charge in [0.25, 0.3) is 0 Å². The van der Waals surface area contributed by atoms with E-state index in [4.69, 9.17) is 10.00 Å². The molecule has 1 atom stereocenters. The zero-order chi connectivity index (χ0) is 19.6. The van der Waals surface area contributed by atoms with E-state index in [0.717, 1.165) is 12.8 Å². The van der Waals surface area contributed by atoms with Crippen LogP contribution in [0.15, 0.2) is 24.3 Å². The molecule has 8 nitrogen and oxygen atoms in total. The topological polar surface area (TPSA) is 112 Å². The lowest BCUT2D eigenvalue weighted by atomic mass is 10.2. The van der Waals surface area contributed by atoms with Crippen molar-refractivity contribution >= 4 is 23.6 Å². The molecule has 1 fully saturated rings. The fourth-order valence-corrected chi connectivity index (χ4v) is 2.68. The van der Waals surface area contributed by atoms with Crippen molar-refractivity contribution in [2.75, 3.05) is 24.6 Å². The molecule has 2 rings (SSSR count). The summed E-state index contributed by atoms with van der Waals surface area (Å²) in [4.78, 5) is 37.4. The molecule has 3 amide bonds. The molecule has 0 radical (unpaired) electrons. The van der Waals surface area contributed by atoms with E-state index < -0.39 is 12.1 Å². The molecule has 0 spiro atoms. The fourth-order valence-electron chi connectivity index (χ4n) is 2.68. The molecule has 1 aliphatic rings. The number of esters is 1. The van der Waals surface area contributed by atoms with E-state index in [1.54, 1.807) is 29.2 Å². The van der Waals surface area contributed by atoms with Crippen LogP contribution in [0, 0.1) is 11.3 Å². The Morgan fingerprint density at radius 3 is 2.74 bits per heavy atom. The predicted molar refractivity (Wildman–Crippen MR) is 98.9 cm³/mol. The lowest BCUT2D eigenvalue weighted by Crippen LogP contribution is -2.46. The van der Waals surface area contributed by atoms with Crippen molar-refractivity contribution in [2.45, 2.75) is 38.6 Å². The minimum atomic E-state index is -0.614. The molecule has 0 unspecified atom stereocenters. The normalized spacial score (nSPS) is 15.9. The summed E-state index contributed by atoms with van der Waals surface area (Å²) in [6.07, 6.45) is 2.35. The molecule has 1 aromatic rings. The average Bonchev–Trinajstić information content (AvgIpc) is 3.02. The number of nitriles is 1. The number of nitrogens with zero attached hydrogens (tertiary/aromatic N) is 2. The summed E-state index contributed by atoms with van der Waals surface area (Å²) >= 11 is 0. The van der Waals surface area contributed by atoms with Crippen LogP contribution < -0.4 is 15.5 Å². The molecule has 0 bridgehead atoms. The van der Waals surface area contributed by atoms with Crippen LogP contribution >= 0.6 is 0 Å². The standard InChI is InChI=1S/C19H24N4O4/c1-2-3-12-27-17(24)8-10-21-19(26)22-16-9-11-23(18(16)25)15-6-4-14(13-20)5-7-15/h4-7,16H,2-3,8-12H2,1H3,(H2,21,22,26)/t16-/m0/s1. The third kappa shape index (κ3) is 5.99. The van der Waals surface area contributed by atoms with Gasteiger partial charge in [-0.15, -0.1) is 0 Å². The van der Waals surface area contributed by atoms with E-state index in [2.05, 4.69) is 10.6 Å². The lowest BCUT2D eigenvalue weighted by molar-refractivity contribution is -0.143. The minimum Gasteiger partial charge on any atom is -0.466 e. The molecule has 1 heterocycles. The summed E-state index contributed by atoms with van der Waals surface area (Å²) in [5.74, 6) is -0.554. The van der Waals surface area contributed by atoms with Gasteiger partial charge in [-0.25, -0.2) is 4.79 Å². The van der Waals surface area contributed by atoms with Crippen molar-refractivity contribution < 1.29 is 19.1 Å². The van der Waals surface area contributed by atoms with Gasteiger partial charge in [0.15, 0.2) is 0 Å². The first-order valence-corrected chi connectivity index (χ1v) is 9.06. The minimum absolute atomic E-state index is 0.0904. The van der Waals surface area contributed by atoms with E-state index in [-0.39, 0.29) is 24.8 Å². The summed E-state index contributed by atoms with van der Waals surface area (Å²) in [6, 6.07) is 7.65. The molecular formula is C19H24N4O4. The molecule has 0 aliphatic carbocycles. The molecule has 8 heteroatoms. The van der Waals surface area contributed by atoms with Gasteiger partial charge in [-0.1, -0.05) is 13.3 Å². The van der Waals surface area contributed by atoms with E-state index in [0.29, 0.717) is 30.8 Å². The van der Waals surface area contributed by atoms with Gasteiger partial charge in [-0.05, 0) is 37.1 Å². The zero-order valence-electron chi connectivity index (χ0n) is 15.4. The molecular weight excluding hydrogens is 348 g/mol. The molecule has 2 N–H and O–H groups in total. The van der Waals surface area contributed by atoms with Gasteiger partial charge in [0, 0.05) is 18.8 Å². The predicted octanol–water partition coefficient (Wildman–Crippen LogP) is 1.70. The number of hydrogen-bond donors (Lipinski definition) is 2. The number of hydrogen-bond acceptors (Lipinski definition) is 5. The second kappa shape index (κ2) is 10.2. The first-order chi connectivity index (χ1) is 13.0. The second-order valence-corrected chi connectivity index (χ2v) is 6.21. The summed E-state index contributed by atoms with van der Waals surface area (Å²) in [6.45, 7) is 3.03. The Kier molecular flexibility index (Phi) is 7.62. The molecule has 0 saturated carbocycles. The first-order valence-electron chi connectivity index (χ1n) is 9.06. The summed E-state index contributed by atoms with van der Waals surface area (Å²) in [7, 11) is 0. The van der Waals surface area contributed by atoms with Gasteiger partial charge < -0.3 is 20.3 Å². The van der Waals surface area contributed by atoms with Crippen LogP contribution in [0.2, 0.25) is 0 Å². The maximum absolute atomic E-state index is 12.5. The van der Waals surface area contributed by atoms with Crippen LogP contribution in [-0.4, -0.2) is 43.6 Å². The van der Waals surface area contributed by atoms with Crippen molar-refractivity contribution in [2.24, 2.45) is 0 Å². The molecule has 1 saturated heterocycles. The first kappa shape index (κ1) is 20.2. The third-order valence-corrected chi connectivity index (χ3v) is 4.19. The van der Waals surface area contributed by atoms with Gasteiger partial charge in [-0.3, -0.25) is 9.59 Å². The zero-order valence-corrected chi connectivity index (χ0v) is 15.4. The Balaban J connectivity index is 1.74. The van der Waals surface area contributed by atoms with Crippen molar-refractivity contribution in [3.63, 3.8) is 0 Å². The number of nitrogens with one attached hydrogen (secondary N) is 2. The van der Waals surface area contributed by atoms with Gasteiger partial charge in [-0.2, -0.15) is 5.26 Å². The lowest BCUT2D eigenvalue weighted by Gasteiger charge is -2.17. The molecule has 144 valence electrons. The van der Waals surface area contributed by atoms with Crippen molar-refractivity contribution in [3.8, 4) is 6.07 Å². The summed E-state index contributed by atoms with van der Waals surface area (Å²) in [5, 5.41) is 14.0. The van der Waals surface area contributed by atoms with Crippen molar-refractivity contribution in [1.82, 2.24) is 10.6 Å². The quantitative estimate of drug-likeness (QED) is 0.533. The highest BCUT2D eigenvalue weighted by Crippen LogP contribution is 2.21. The molecule has 1 aliphatic heterocycles. The van der Waals surface area contributed by atoms with Crippen LogP contribution in [0.1, 0.15) is 38.2 Å². The number of benzene rings is 1. The Hall–Kier alpha value is -3.08. The summed E-state index contributed by atoms with van der Waals surface area (Å²) in [5.41, 5.74) is 1.21. The number of unbranched alkanes of at least 4 members (excludes halogenated alkanes) is 1. The smallest absolute Gasteiger partial charge is 0.315 e.